The third-order valence-electron chi connectivity index (χ3n) is 1.91. The summed E-state index contributed by atoms with van der Waals surface area (Å²) in [5, 5.41) is 13.5. The number of nitrogen functional groups attached to an aromatic ring is 1. The van der Waals surface area contributed by atoms with E-state index in [1.165, 1.54) is 0 Å². The predicted molar refractivity (Wildman–Crippen MR) is 53.1 cm³/mol. The Labute approximate surface area is 80.7 Å². The number of hydrogen-bond acceptors (Lipinski definition) is 5. The van der Waals surface area contributed by atoms with Crippen molar-refractivity contribution < 1.29 is 0 Å². The fourth-order valence-corrected chi connectivity index (χ4v) is 1.15. The second-order valence-corrected chi connectivity index (χ2v) is 2.88. The van der Waals surface area contributed by atoms with Crippen molar-refractivity contribution in [2.75, 3.05) is 17.7 Å². The van der Waals surface area contributed by atoms with Crippen molar-refractivity contribution in [3.63, 3.8) is 0 Å². The Bertz CT molecular complexity index is 410. The molecule has 0 bridgehead atoms. The van der Waals surface area contributed by atoms with Gasteiger partial charge in [-0.2, -0.15) is 0 Å². The highest BCUT2D eigenvalue weighted by Crippen LogP contribution is 2.20. The summed E-state index contributed by atoms with van der Waals surface area (Å²) in [6, 6.07) is 7.49. The number of rotatable bonds is 2. The van der Waals surface area contributed by atoms with Gasteiger partial charge < -0.3 is 10.6 Å². The van der Waals surface area contributed by atoms with Crippen LogP contribution >= 0.6 is 0 Å². The average Bonchev–Trinajstić information content (AvgIpc) is 2.69. The van der Waals surface area contributed by atoms with Crippen LogP contribution in [0, 0.1) is 0 Å². The zero-order chi connectivity index (χ0) is 9.97. The summed E-state index contributed by atoms with van der Waals surface area (Å²) in [6.07, 6.45) is 0. The average molecular weight is 190 g/mol. The highest BCUT2D eigenvalue weighted by Gasteiger charge is 2.06. The van der Waals surface area contributed by atoms with E-state index in [4.69, 9.17) is 5.73 Å². The molecule has 0 amide bonds. The van der Waals surface area contributed by atoms with Crippen LogP contribution in [0.25, 0.3) is 0 Å². The number of hydrogen-bond donors (Lipinski definition) is 2. The van der Waals surface area contributed by atoms with Crippen LogP contribution in [-0.4, -0.2) is 27.7 Å². The first-order chi connectivity index (χ1) is 6.77. The van der Waals surface area contributed by atoms with Gasteiger partial charge in [-0.3, -0.25) is 0 Å². The Balaban J connectivity index is 2.32. The standard InChI is InChI=1S/C8H10N6/c1-14(8-10-12-13-11-8)7-4-2-3-6(9)5-7/h2-5H,9H2,1H3,(H,10,11,12,13). The van der Waals surface area contributed by atoms with Gasteiger partial charge in [0, 0.05) is 18.4 Å². The lowest BCUT2D eigenvalue weighted by molar-refractivity contribution is 0.881. The van der Waals surface area contributed by atoms with Gasteiger partial charge in [-0.25, -0.2) is 5.10 Å². The molecule has 1 aromatic heterocycles. The molecule has 0 unspecified atom stereocenters. The number of tetrazole rings is 1. The molecule has 0 saturated carbocycles. The summed E-state index contributed by atoms with van der Waals surface area (Å²) in [4.78, 5) is 1.82. The number of nitrogens with two attached hydrogens (primary N) is 1. The number of aromatic nitrogens is 4. The van der Waals surface area contributed by atoms with E-state index in [0.717, 1.165) is 5.69 Å². The fourth-order valence-electron chi connectivity index (χ4n) is 1.15. The summed E-state index contributed by atoms with van der Waals surface area (Å²) in [5.41, 5.74) is 7.31. The van der Waals surface area contributed by atoms with E-state index >= 15 is 0 Å². The molecule has 1 aromatic carbocycles. The van der Waals surface area contributed by atoms with Crippen LogP contribution in [0.2, 0.25) is 0 Å². The topological polar surface area (TPSA) is 83.7 Å². The van der Waals surface area contributed by atoms with Crippen LogP contribution < -0.4 is 10.6 Å². The molecular weight excluding hydrogens is 180 g/mol. The number of H-pyrrole nitrogens is 1. The minimum absolute atomic E-state index is 0.579. The smallest absolute Gasteiger partial charge is 0.247 e. The van der Waals surface area contributed by atoms with E-state index in [2.05, 4.69) is 20.6 Å². The molecule has 72 valence electrons. The van der Waals surface area contributed by atoms with Gasteiger partial charge >= 0.3 is 0 Å². The molecule has 14 heavy (non-hydrogen) atoms. The highest BCUT2D eigenvalue weighted by molar-refractivity contribution is 5.61. The Hall–Kier alpha value is -2.11. The van der Waals surface area contributed by atoms with E-state index < -0.39 is 0 Å². The van der Waals surface area contributed by atoms with Crippen LogP contribution in [0.1, 0.15) is 0 Å². The first-order valence-corrected chi connectivity index (χ1v) is 4.10. The van der Waals surface area contributed by atoms with Gasteiger partial charge in [0.1, 0.15) is 0 Å². The molecule has 3 N–H and O–H groups in total. The molecule has 6 heteroatoms. The maximum absolute atomic E-state index is 5.66. The first kappa shape index (κ1) is 8.49. The Morgan fingerprint density at radius 3 is 2.93 bits per heavy atom. The summed E-state index contributed by atoms with van der Waals surface area (Å²) in [6.45, 7) is 0. The monoisotopic (exact) mass is 190 g/mol. The van der Waals surface area contributed by atoms with Crippen LogP contribution in [0.5, 0.6) is 0 Å². The molecular formula is C8H10N6. The van der Waals surface area contributed by atoms with Gasteiger partial charge in [0.25, 0.3) is 0 Å². The number of benzene rings is 1. The van der Waals surface area contributed by atoms with Gasteiger partial charge in [-0.05, 0) is 28.6 Å². The van der Waals surface area contributed by atoms with E-state index in [-0.39, 0.29) is 0 Å². The lowest BCUT2D eigenvalue weighted by atomic mass is 10.3. The summed E-state index contributed by atoms with van der Waals surface area (Å²) in [7, 11) is 1.86. The molecule has 2 rings (SSSR count). The molecule has 2 aromatic rings. The second kappa shape index (κ2) is 3.33. The molecule has 0 fully saturated rings. The molecule has 1 heterocycles. The number of nitrogens with zero attached hydrogens (tertiary/aromatic N) is 4. The Morgan fingerprint density at radius 1 is 1.43 bits per heavy atom. The fraction of sp³-hybridized carbons (Fsp3) is 0.125. The largest absolute Gasteiger partial charge is 0.399 e. The van der Waals surface area contributed by atoms with Crippen LogP contribution in [0.3, 0.4) is 0 Å². The lowest BCUT2D eigenvalue weighted by Crippen LogP contribution is -2.11. The van der Waals surface area contributed by atoms with E-state index in [0.29, 0.717) is 11.6 Å². The molecule has 0 saturated heterocycles. The highest BCUT2D eigenvalue weighted by atomic mass is 15.5. The molecule has 0 aliphatic rings. The van der Waals surface area contributed by atoms with Crippen molar-refractivity contribution in [1.82, 2.24) is 20.6 Å². The zero-order valence-electron chi connectivity index (χ0n) is 7.68. The van der Waals surface area contributed by atoms with Crippen molar-refractivity contribution in [2.45, 2.75) is 0 Å². The van der Waals surface area contributed by atoms with Gasteiger partial charge in [0.15, 0.2) is 0 Å². The van der Waals surface area contributed by atoms with E-state index in [9.17, 15) is 0 Å². The third-order valence-corrected chi connectivity index (χ3v) is 1.91. The van der Waals surface area contributed by atoms with Crippen molar-refractivity contribution in [3.05, 3.63) is 24.3 Å². The maximum atomic E-state index is 5.66. The Morgan fingerprint density at radius 2 is 2.29 bits per heavy atom. The molecule has 0 spiro atoms. The first-order valence-electron chi connectivity index (χ1n) is 4.10. The van der Waals surface area contributed by atoms with Crippen molar-refractivity contribution in [2.24, 2.45) is 0 Å². The molecule has 6 nitrogen and oxygen atoms in total. The summed E-state index contributed by atoms with van der Waals surface area (Å²) < 4.78 is 0. The summed E-state index contributed by atoms with van der Waals surface area (Å²) >= 11 is 0. The third kappa shape index (κ3) is 1.49. The minimum atomic E-state index is 0.579. The SMILES string of the molecule is CN(c1cccc(N)c1)c1nnn[nH]1. The second-order valence-electron chi connectivity index (χ2n) is 2.88. The van der Waals surface area contributed by atoms with Crippen LogP contribution in [0.4, 0.5) is 17.3 Å². The van der Waals surface area contributed by atoms with Gasteiger partial charge in [-0.1, -0.05) is 11.2 Å². The van der Waals surface area contributed by atoms with Crippen molar-refractivity contribution >= 4 is 17.3 Å². The zero-order valence-corrected chi connectivity index (χ0v) is 7.68. The van der Waals surface area contributed by atoms with Gasteiger partial charge in [0.05, 0.1) is 0 Å². The molecule has 0 radical (unpaired) electrons. The van der Waals surface area contributed by atoms with Gasteiger partial charge in [0.2, 0.25) is 5.95 Å². The van der Waals surface area contributed by atoms with Crippen LogP contribution in [0.15, 0.2) is 24.3 Å². The minimum Gasteiger partial charge on any atom is -0.399 e. The number of aromatic amines is 1. The van der Waals surface area contributed by atoms with Crippen molar-refractivity contribution in [1.29, 1.82) is 0 Å². The molecule has 0 aliphatic heterocycles. The number of nitrogens with one attached hydrogen (secondary N) is 1. The van der Waals surface area contributed by atoms with E-state index in [1.807, 2.05) is 36.2 Å². The molecule has 0 atom stereocenters. The van der Waals surface area contributed by atoms with E-state index in [1.54, 1.807) is 0 Å². The Kier molecular flexibility index (Phi) is 2.02. The van der Waals surface area contributed by atoms with Gasteiger partial charge in [-0.15, -0.1) is 0 Å². The summed E-state index contributed by atoms with van der Waals surface area (Å²) in [5.74, 6) is 0.579. The maximum Gasteiger partial charge on any atom is 0.247 e. The normalized spacial score (nSPS) is 10.1. The van der Waals surface area contributed by atoms with Crippen LogP contribution in [-0.2, 0) is 0 Å². The number of anilines is 3. The molecule has 0 aliphatic carbocycles. The lowest BCUT2D eigenvalue weighted by Gasteiger charge is -2.14. The quantitative estimate of drug-likeness (QED) is 0.675. The van der Waals surface area contributed by atoms with Crippen molar-refractivity contribution in [3.8, 4) is 0 Å². The predicted octanol–water partition coefficient (Wildman–Crippen LogP) is 0.550.